The summed E-state index contributed by atoms with van der Waals surface area (Å²) in [6.45, 7) is 0. The number of benzene rings is 2. The van der Waals surface area contributed by atoms with E-state index >= 15 is 0 Å². The van der Waals surface area contributed by atoms with Crippen molar-refractivity contribution in [3.05, 3.63) is 69.9 Å². The highest BCUT2D eigenvalue weighted by Crippen LogP contribution is 2.50. The van der Waals surface area contributed by atoms with Gasteiger partial charge in [-0.05, 0) is 47.9 Å². The Morgan fingerprint density at radius 3 is 2.65 bits per heavy atom. The van der Waals surface area contributed by atoms with Crippen LogP contribution in [0.2, 0.25) is 0 Å². The van der Waals surface area contributed by atoms with Gasteiger partial charge in [0.15, 0.2) is 0 Å². The van der Waals surface area contributed by atoms with E-state index in [2.05, 4.69) is 28.1 Å². The number of aliphatic hydroxyl groups excluding tert-OH is 1. The Hall–Kier alpha value is -1.19. The predicted octanol–water partition coefficient (Wildman–Crippen LogP) is 4.30. The van der Waals surface area contributed by atoms with Crippen molar-refractivity contribution in [2.75, 3.05) is 0 Å². The van der Waals surface area contributed by atoms with Gasteiger partial charge in [-0.1, -0.05) is 52.3 Å². The number of hydrogen-bond donors (Lipinski definition) is 1. The molecule has 1 aliphatic carbocycles. The van der Waals surface area contributed by atoms with Crippen LogP contribution in [0.15, 0.2) is 53.0 Å². The number of aliphatic hydroxyl groups is 1. The normalized spacial score (nSPS) is 22.6. The van der Waals surface area contributed by atoms with Crippen molar-refractivity contribution in [1.82, 2.24) is 0 Å². The quantitative estimate of drug-likeness (QED) is 0.883. The molecular weight excluding hydrogens is 319 g/mol. The maximum Gasteiger partial charge on any atom is 0.124 e. The van der Waals surface area contributed by atoms with Crippen molar-refractivity contribution < 1.29 is 9.50 Å². The topological polar surface area (TPSA) is 20.2 Å². The smallest absolute Gasteiger partial charge is 0.124 e. The zero-order chi connectivity index (χ0) is 14.1. The molecule has 0 aromatic heterocycles. The average molecular weight is 335 g/mol. The summed E-state index contributed by atoms with van der Waals surface area (Å²) < 4.78 is 13.8. The Morgan fingerprint density at radius 2 is 1.95 bits per heavy atom. The van der Waals surface area contributed by atoms with Gasteiger partial charge < -0.3 is 5.11 Å². The van der Waals surface area contributed by atoms with Gasteiger partial charge in [0.2, 0.25) is 0 Å². The molecule has 3 unspecified atom stereocenters. The van der Waals surface area contributed by atoms with E-state index in [1.54, 1.807) is 6.07 Å². The molecule has 1 N–H and O–H groups in total. The summed E-state index contributed by atoms with van der Waals surface area (Å²) in [4.78, 5) is 0. The Labute approximate surface area is 126 Å². The van der Waals surface area contributed by atoms with E-state index in [0.717, 1.165) is 16.5 Å². The lowest BCUT2D eigenvalue weighted by atomic mass is 10.0. The molecule has 3 rings (SSSR count). The molecule has 1 saturated carbocycles. The number of rotatable bonds is 4. The van der Waals surface area contributed by atoms with Crippen LogP contribution < -0.4 is 0 Å². The molecule has 3 atom stereocenters. The van der Waals surface area contributed by atoms with E-state index in [0.29, 0.717) is 18.3 Å². The molecule has 0 heterocycles. The largest absolute Gasteiger partial charge is 0.392 e. The number of hydrogen-bond acceptors (Lipinski definition) is 1. The Kier molecular flexibility index (Phi) is 3.90. The third-order valence-electron chi connectivity index (χ3n) is 4.01. The van der Waals surface area contributed by atoms with Crippen LogP contribution in [0.3, 0.4) is 0 Å². The zero-order valence-electron chi connectivity index (χ0n) is 11.0. The first kappa shape index (κ1) is 13.8. The van der Waals surface area contributed by atoms with Crippen LogP contribution in [0.25, 0.3) is 0 Å². The Morgan fingerprint density at radius 1 is 1.20 bits per heavy atom. The first-order valence-electron chi connectivity index (χ1n) is 6.82. The van der Waals surface area contributed by atoms with E-state index in [4.69, 9.17) is 0 Å². The molecule has 0 bridgehead atoms. The fourth-order valence-electron chi connectivity index (χ4n) is 2.79. The second-order valence-corrected chi connectivity index (χ2v) is 6.28. The lowest BCUT2D eigenvalue weighted by molar-refractivity contribution is 0.149. The van der Waals surface area contributed by atoms with Crippen molar-refractivity contribution in [3.8, 4) is 0 Å². The highest BCUT2D eigenvalue weighted by Gasteiger charge is 2.43. The van der Waals surface area contributed by atoms with Crippen molar-refractivity contribution in [3.63, 3.8) is 0 Å². The summed E-state index contributed by atoms with van der Waals surface area (Å²) in [7, 11) is 0. The fourth-order valence-corrected chi connectivity index (χ4v) is 3.30. The van der Waals surface area contributed by atoms with Crippen molar-refractivity contribution in [2.45, 2.75) is 24.9 Å². The summed E-state index contributed by atoms with van der Waals surface area (Å²) in [5.41, 5.74) is 2.26. The molecule has 0 saturated heterocycles. The van der Waals surface area contributed by atoms with E-state index in [9.17, 15) is 9.50 Å². The average Bonchev–Trinajstić information content (AvgIpc) is 3.23. The second-order valence-electron chi connectivity index (χ2n) is 5.42. The van der Waals surface area contributed by atoms with Crippen LogP contribution in [0.1, 0.15) is 23.5 Å². The maximum atomic E-state index is 13.0. The summed E-state index contributed by atoms with van der Waals surface area (Å²) in [5, 5.41) is 10.4. The minimum absolute atomic E-state index is 0.260. The van der Waals surface area contributed by atoms with Gasteiger partial charge >= 0.3 is 0 Å². The SMILES string of the molecule is OC(Cc1ccc(F)cc1Br)C1CC1c1ccccc1. The molecule has 1 aliphatic rings. The van der Waals surface area contributed by atoms with E-state index < -0.39 is 0 Å². The highest BCUT2D eigenvalue weighted by atomic mass is 79.9. The third kappa shape index (κ3) is 2.94. The Balaban J connectivity index is 1.65. The Bertz CT molecular complexity index is 599. The second kappa shape index (κ2) is 5.66. The van der Waals surface area contributed by atoms with Gasteiger partial charge in [0.25, 0.3) is 0 Å². The van der Waals surface area contributed by atoms with Crippen LogP contribution in [0, 0.1) is 11.7 Å². The van der Waals surface area contributed by atoms with Gasteiger partial charge in [-0.2, -0.15) is 0 Å². The van der Waals surface area contributed by atoms with Crippen LogP contribution in [0.4, 0.5) is 4.39 Å². The molecule has 1 fully saturated rings. The zero-order valence-corrected chi connectivity index (χ0v) is 12.6. The van der Waals surface area contributed by atoms with Gasteiger partial charge in [-0.3, -0.25) is 0 Å². The van der Waals surface area contributed by atoms with Crippen molar-refractivity contribution >= 4 is 15.9 Å². The first-order valence-corrected chi connectivity index (χ1v) is 7.61. The lowest BCUT2D eigenvalue weighted by Crippen LogP contribution is -2.14. The molecule has 2 aromatic rings. The van der Waals surface area contributed by atoms with Crippen LogP contribution in [-0.4, -0.2) is 11.2 Å². The molecule has 20 heavy (non-hydrogen) atoms. The molecule has 3 heteroatoms. The predicted molar refractivity (Wildman–Crippen MR) is 81.1 cm³/mol. The molecule has 0 spiro atoms. The first-order chi connectivity index (χ1) is 9.65. The highest BCUT2D eigenvalue weighted by molar-refractivity contribution is 9.10. The monoisotopic (exact) mass is 334 g/mol. The molecule has 2 aromatic carbocycles. The van der Waals surface area contributed by atoms with Crippen LogP contribution in [0.5, 0.6) is 0 Å². The van der Waals surface area contributed by atoms with E-state index in [1.807, 2.05) is 18.2 Å². The summed E-state index contributed by atoms with van der Waals surface area (Å²) in [6, 6.07) is 14.9. The van der Waals surface area contributed by atoms with Gasteiger partial charge in [-0.25, -0.2) is 4.39 Å². The molecule has 0 radical (unpaired) electrons. The van der Waals surface area contributed by atoms with Gasteiger partial charge in [-0.15, -0.1) is 0 Å². The van der Waals surface area contributed by atoms with E-state index in [1.165, 1.54) is 17.7 Å². The minimum Gasteiger partial charge on any atom is -0.392 e. The summed E-state index contributed by atoms with van der Waals surface area (Å²) >= 11 is 3.35. The maximum absolute atomic E-state index is 13.0. The minimum atomic E-state index is -0.373. The number of halogens is 2. The lowest BCUT2D eigenvalue weighted by Gasteiger charge is -2.12. The van der Waals surface area contributed by atoms with E-state index in [-0.39, 0.29) is 11.9 Å². The standard InChI is InChI=1S/C17H16BrFO/c18-16-9-13(19)7-6-12(16)8-17(20)15-10-14(15)11-4-2-1-3-5-11/h1-7,9,14-15,17,20H,8,10H2. The van der Waals surface area contributed by atoms with Crippen molar-refractivity contribution in [2.24, 2.45) is 5.92 Å². The summed E-state index contributed by atoms with van der Waals surface area (Å²) in [5.74, 6) is 0.517. The van der Waals surface area contributed by atoms with Gasteiger partial charge in [0, 0.05) is 4.47 Å². The third-order valence-corrected chi connectivity index (χ3v) is 4.74. The molecular formula is C17H16BrFO. The summed E-state index contributed by atoms with van der Waals surface area (Å²) in [6.07, 6.45) is 1.22. The van der Waals surface area contributed by atoms with Crippen LogP contribution in [-0.2, 0) is 6.42 Å². The molecule has 104 valence electrons. The molecule has 1 nitrogen and oxygen atoms in total. The molecule has 0 amide bonds. The molecule has 0 aliphatic heterocycles. The van der Waals surface area contributed by atoms with Gasteiger partial charge in [0.1, 0.15) is 5.82 Å². The van der Waals surface area contributed by atoms with Gasteiger partial charge in [0.05, 0.1) is 6.10 Å². The van der Waals surface area contributed by atoms with Crippen LogP contribution >= 0.6 is 15.9 Å². The fraction of sp³-hybridized carbons (Fsp3) is 0.294. The van der Waals surface area contributed by atoms with Crippen molar-refractivity contribution in [1.29, 1.82) is 0 Å².